The van der Waals surface area contributed by atoms with Gasteiger partial charge in [0.05, 0.1) is 18.8 Å². The topological polar surface area (TPSA) is 90.6 Å². The highest BCUT2D eigenvalue weighted by Crippen LogP contribution is 2.17. The van der Waals surface area contributed by atoms with E-state index in [1.807, 2.05) is 13.8 Å². The zero-order valence-electron chi connectivity index (χ0n) is 12.6. The first-order valence-corrected chi connectivity index (χ1v) is 7.29. The largest absolute Gasteiger partial charge is 0.464 e. The molecule has 0 saturated carbocycles. The van der Waals surface area contributed by atoms with E-state index in [1.54, 1.807) is 6.92 Å². The molecule has 3 N–H and O–H groups in total. The molecule has 3 atom stereocenters. The maximum Gasteiger partial charge on any atom is 0.328 e. The van der Waals surface area contributed by atoms with Crippen LogP contribution >= 0.6 is 0 Å². The highest BCUT2D eigenvalue weighted by molar-refractivity contribution is 5.87. The number of hydrogen-bond acceptors (Lipinski definition) is 5. The molecule has 0 unspecified atom stereocenters. The van der Waals surface area contributed by atoms with Crippen molar-refractivity contribution in [1.82, 2.24) is 5.32 Å². The summed E-state index contributed by atoms with van der Waals surface area (Å²) >= 11 is 0. The number of hydrogen-bond donors (Lipinski definition) is 2. The third kappa shape index (κ3) is 5.09. The third-order valence-corrected chi connectivity index (χ3v) is 3.43. The maximum atomic E-state index is 12.0. The second-order valence-electron chi connectivity index (χ2n) is 5.45. The monoisotopic (exact) mass is 286 g/mol. The van der Waals surface area contributed by atoms with Gasteiger partial charge in [-0.1, -0.05) is 13.8 Å². The summed E-state index contributed by atoms with van der Waals surface area (Å²) in [5.41, 5.74) is 5.80. The van der Waals surface area contributed by atoms with Crippen LogP contribution < -0.4 is 11.1 Å². The lowest BCUT2D eigenvalue weighted by Crippen LogP contribution is -2.51. The van der Waals surface area contributed by atoms with Gasteiger partial charge < -0.3 is 20.5 Å². The fourth-order valence-corrected chi connectivity index (χ4v) is 2.12. The molecule has 6 heteroatoms. The first-order valence-electron chi connectivity index (χ1n) is 7.29. The fraction of sp³-hybridized carbons (Fsp3) is 0.857. The Hall–Kier alpha value is -1.14. The standard InChI is InChI=1S/C14H26N2O4/c1-4-19-14(18)11(8-10-6-5-7-20-10)16-13(17)12(15)9(2)3/h9-12H,4-8,15H2,1-3H3,(H,16,17)/t10-,11-,12-/m0/s1. The van der Waals surface area contributed by atoms with E-state index in [1.165, 1.54) is 0 Å². The second-order valence-corrected chi connectivity index (χ2v) is 5.45. The highest BCUT2D eigenvalue weighted by atomic mass is 16.5. The summed E-state index contributed by atoms with van der Waals surface area (Å²) in [5.74, 6) is -0.732. The lowest BCUT2D eigenvalue weighted by Gasteiger charge is -2.23. The molecule has 0 aromatic carbocycles. The number of nitrogens with two attached hydrogens (primary N) is 1. The number of carbonyl (C=O) groups excluding carboxylic acids is 2. The Morgan fingerprint density at radius 1 is 1.45 bits per heavy atom. The molecule has 0 radical (unpaired) electrons. The van der Waals surface area contributed by atoms with Crippen molar-refractivity contribution in [2.24, 2.45) is 11.7 Å². The fourth-order valence-electron chi connectivity index (χ4n) is 2.12. The molecule has 0 aliphatic carbocycles. The number of amides is 1. The van der Waals surface area contributed by atoms with Gasteiger partial charge in [-0.2, -0.15) is 0 Å². The minimum atomic E-state index is -0.685. The van der Waals surface area contributed by atoms with Crippen molar-refractivity contribution in [1.29, 1.82) is 0 Å². The van der Waals surface area contributed by atoms with Gasteiger partial charge in [0.2, 0.25) is 5.91 Å². The average Bonchev–Trinajstić information content (AvgIpc) is 2.90. The average molecular weight is 286 g/mol. The van der Waals surface area contributed by atoms with Gasteiger partial charge in [0, 0.05) is 13.0 Å². The molecule has 1 aliphatic rings. The molecular formula is C14H26N2O4. The van der Waals surface area contributed by atoms with Gasteiger partial charge in [-0.3, -0.25) is 4.79 Å². The van der Waals surface area contributed by atoms with Crippen LogP contribution in [0, 0.1) is 5.92 Å². The Labute approximate surface area is 120 Å². The second kappa shape index (κ2) is 8.21. The van der Waals surface area contributed by atoms with Crippen LogP contribution in [0.4, 0.5) is 0 Å². The van der Waals surface area contributed by atoms with Crippen LogP contribution in [0.25, 0.3) is 0 Å². The van der Waals surface area contributed by atoms with Crippen molar-refractivity contribution in [3.05, 3.63) is 0 Å². The van der Waals surface area contributed by atoms with E-state index < -0.39 is 18.1 Å². The molecule has 0 spiro atoms. The zero-order chi connectivity index (χ0) is 15.1. The van der Waals surface area contributed by atoms with Gasteiger partial charge in [-0.05, 0) is 25.7 Å². The number of rotatable bonds is 7. The summed E-state index contributed by atoms with van der Waals surface area (Å²) in [6, 6.07) is -1.31. The highest BCUT2D eigenvalue weighted by Gasteiger charge is 2.30. The molecule has 116 valence electrons. The summed E-state index contributed by atoms with van der Waals surface area (Å²) in [5, 5.41) is 2.69. The van der Waals surface area contributed by atoms with Gasteiger partial charge in [0.15, 0.2) is 0 Å². The lowest BCUT2D eigenvalue weighted by atomic mass is 10.0. The zero-order valence-corrected chi connectivity index (χ0v) is 12.6. The van der Waals surface area contributed by atoms with Crippen LogP contribution in [-0.4, -0.2) is 43.3 Å². The van der Waals surface area contributed by atoms with Gasteiger partial charge in [0.1, 0.15) is 6.04 Å². The van der Waals surface area contributed by atoms with E-state index in [9.17, 15) is 9.59 Å². The smallest absolute Gasteiger partial charge is 0.328 e. The first-order chi connectivity index (χ1) is 9.45. The van der Waals surface area contributed by atoms with E-state index in [-0.39, 0.29) is 24.5 Å². The number of carbonyl (C=O) groups is 2. The molecule has 0 aromatic heterocycles. The summed E-state index contributed by atoms with van der Waals surface area (Å²) in [6.07, 6.45) is 2.33. The van der Waals surface area contributed by atoms with Gasteiger partial charge in [-0.15, -0.1) is 0 Å². The Morgan fingerprint density at radius 2 is 2.15 bits per heavy atom. The van der Waals surface area contributed by atoms with Gasteiger partial charge in [-0.25, -0.2) is 4.79 Å². The summed E-state index contributed by atoms with van der Waals surface area (Å²) in [6.45, 7) is 6.46. The number of esters is 1. The van der Waals surface area contributed by atoms with E-state index in [0.29, 0.717) is 13.0 Å². The Bertz CT molecular complexity index is 327. The number of nitrogens with one attached hydrogen (secondary N) is 1. The number of ether oxygens (including phenoxy) is 2. The third-order valence-electron chi connectivity index (χ3n) is 3.43. The quantitative estimate of drug-likeness (QED) is 0.668. The summed E-state index contributed by atoms with van der Waals surface area (Å²) in [4.78, 5) is 23.9. The molecule has 20 heavy (non-hydrogen) atoms. The molecule has 1 rings (SSSR count). The Kier molecular flexibility index (Phi) is 6.95. The SMILES string of the molecule is CCOC(=O)[C@H](C[C@@H]1CCCO1)NC(=O)[C@@H](N)C(C)C. The summed E-state index contributed by atoms with van der Waals surface area (Å²) < 4.78 is 10.5. The van der Waals surface area contributed by atoms with Gasteiger partial charge in [0.25, 0.3) is 0 Å². The predicted molar refractivity (Wildman–Crippen MR) is 75.0 cm³/mol. The first kappa shape index (κ1) is 16.9. The molecule has 1 heterocycles. The lowest BCUT2D eigenvalue weighted by molar-refractivity contribution is -0.148. The van der Waals surface area contributed by atoms with Crippen LogP contribution in [-0.2, 0) is 19.1 Å². The minimum absolute atomic E-state index is 0.0000180. The predicted octanol–water partition coefficient (Wildman–Crippen LogP) is 0.587. The van der Waals surface area contributed by atoms with Crippen molar-refractivity contribution < 1.29 is 19.1 Å². The van der Waals surface area contributed by atoms with Crippen molar-refractivity contribution >= 4 is 11.9 Å². The van der Waals surface area contributed by atoms with Crippen LogP contribution in [0.5, 0.6) is 0 Å². The van der Waals surface area contributed by atoms with Crippen LogP contribution in [0.3, 0.4) is 0 Å². The summed E-state index contributed by atoms with van der Waals surface area (Å²) in [7, 11) is 0. The van der Waals surface area contributed by atoms with Crippen molar-refractivity contribution in [3.8, 4) is 0 Å². The maximum absolute atomic E-state index is 12.0. The molecule has 0 bridgehead atoms. The molecule has 1 saturated heterocycles. The molecule has 6 nitrogen and oxygen atoms in total. The van der Waals surface area contributed by atoms with E-state index in [2.05, 4.69) is 5.32 Å². The van der Waals surface area contributed by atoms with Crippen LogP contribution in [0.2, 0.25) is 0 Å². The molecule has 0 aromatic rings. The van der Waals surface area contributed by atoms with Crippen LogP contribution in [0.1, 0.15) is 40.0 Å². The van der Waals surface area contributed by atoms with Crippen molar-refractivity contribution in [3.63, 3.8) is 0 Å². The molecule has 1 amide bonds. The van der Waals surface area contributed by atoms with Crippen molar-refractivity contribution in [2.45, 2.75) is 58.2 Å². The van der Waals surface area contributed by atoms with E-state index in [4.69, 9.17) is 15.2 Å². The Morgan fingerprint density at radius 3 is 2.65 bits per heavy atom. The Balaban J connectivity index is 2.61. The van der Waals surface area contributed by atoms with Crippen LogP contribution in [0.15, 0.2) is 0 Å². The molecule has 1 fully saturated rings. The minimum Gasteiger partial charge on any atom is -0.464 e. The van der Waals surface area contributed by atoms with E-state index in [0.717, 1.165) is 12.8 Å². The van der Waals surface area contributed by atoms with Crippen molar-refractivity contribution in [2.75, 3.05) is 13.2 Å². The molecular weight excluding hydrogens is 260 g/mol. The normalized spacial score (nSPS) is 21.6. The van der Waals surface area contributed by atoms with Gasteiger partial charge >= 0.3 is 5.97 Å². The molecule has 1 aliphatic heterocycles. The van der Waals surface area contributed by atoms with E-state index >= 15 is 0 Å².